The lowest BCUT2D eigenvalue weighted by molar-refractivity contribution is -0.138. The van der Waals surface area contributed by atoms with Crippen molar-refractivity contribution < 1.29 is 27.1 Å². The van der Waals surface area contributed by atoms with Crippen LogP contribution in [0.3, 0.4) is 0 Å². The molecule has 1 N–H and O–H groups in total. The zero-order valence-electron chi connectivity index (χ0n) is 19.4. The van der Waals surface area contributed by atoms with Gasteiger partial charge < -0.3 is 14.5 Å². The lowest BCUT2D eigenvalue weighted by atomic mass is 10.0. The molecule has 0 radical (unpaired) electrons. The molecular formula is C26H28F3N3O3. The van der Waals surface area contributed by atoms with E-state index in [9.17, 15) is 18.0 Å². The fraction of sp³-hybridized carbons (Fsp3) is 0.385. The van der Waals surface area contributed by atoms with Crippen molar-refractivity contribution in [3.05, 3.63) is 89.1 Å². The maximum Gasteiger partial charge on any atom is 0.416 e. The van der Waals surface area contributed by atoms with Gasteiger partial charge in [0, 0.05) is 25.7 Å². The molecule has 1 amide bonds. The van der Waals surface area contributed by atoms with E-state index >= 15 is 0 Å². The topological polar surface area (TPSA) is 67.6 Å². The van der Waals surface area contributed by atoms with Gasteiger partial charge in [-0.05, 0) is 37.0 Å². The number of halogens is 3. The number of nitrogens with one attached hydrogen (secondary N) is 1. The van der Waals surface area contributed by atoms with Crippen LogP contribution >= 0.6 is 0 Å². The van der Waals surface area contributed by atoms with Crippen LogP contribution in [0.15, 0.2) is 65.3 Å². The molecule has 0 saturated carbocycles. The second kappa shape index (κ2) is 11.0. The third-order valence-electron chi connectivity index (χ3n) is 6.16. The summed E-state index contributed by atoms with van der Waals surface area (Å²) in [5.74, 6) is -0.125. The molecule has 186 valence electrons. The zero-order valence-corrected chi connectivity index (χ0v) is 19.4. The van der Waals surface area contributed by atoms with Gasteiger partial charge in [-0.1, -0.05) is 48.5 Å². The van der Waals surface area contributed by atoms with E-state index in [1.54, 1.807) is 6.07 Å². The number of rotatable bonds is 9. The molecule has 1 aliphatic rings. The SMILES string of the molecule is C[C@@H](c1ccccc1)N(Cc1nc(C(=O)NC[C@@H]2CCCO2)co1)Cc1ccccc1C(F)(F)F. The van der Waals surface area contributed by atoms with Crippen LogP contribution in [-0.4, -0.2) is 35.0 Å². The molecule has 2 heterocycles. The second-order valence-corrected chi connectivity index (χ2v) is 8.62. The molecule has 3 aromatic rings. The summed E-state index contributed by atoms with van der Waals surface area (Å²) in [5.41, 5.74) is 0.551. The first-order chi connectivity index (χ1) is 16.8. The summed E-state index contributed by atoms with van der Waals surface area (Å²) in [7, 11) is 0. The van der Waals surface area contributed by atoms with Crippen LogP contribution < -0.4 is 5.32 Å². The van der Waals surface area contributed by atoms with Gasteiger partial charge in [0.15, 0.2) is 5.69 Å². The quantitative estimate of drug-likeness (QED) is 0.440. The molecule has 1 saturated heterocycles. The summed E-state index contributed by atoms with van der Waals surface area (Å²) in [5, 5.41) is 2.80. The number of benzene rings is 2. The Morgan fingerprint density at radius 3 is 2.60 bits per heavy atom. The Kier molecular flexibility index (Phi) is 7.87. The summed E-state index contributed by atoms with van der Waals surface area (Å²) < 4.78 is 51.9. The molecule has 2 atom stereocenters. The first-order valence-corrected chi connectivity index (χ1v) is 11.6. The molecule has 4 rings (SSSR count). The van der Waals surface area contributed by atoms with Gasteiger partial charge in [0.2, 0.25) is 5.89 Å². The number of carbonyl (C=O) groups excluding carboxylic acids is 1. The van der Waals surface area contributed by atoms with Crippen molar-refractivity contribution in [2.45, 2.75) is 51.2 Å². The van der Waals surface area contributed by atoms with Crippen LogP contribution in [0, 0.1) is 0 Å². The maximum atomic E-state index is 13.6. The van der Waals surface area contributed by atoms with Crippen LogP contribution in [0.4, 0.5) is 13.2 Å². The van der Waals surface area contributed by atoms with Crippen LogP contribution in [0.2, 0.25) is 0 Å². The number of carbonyl (C=O) groups is 1. The predicted molar refractivity (Wildman–Crippen MR) is 123 cm³/mol. The van der Waals surface area contributed by atoms with Gasteiger partial charge in [-0.3, -0.25) is 9.69 Å². The van der Waals surface area contributed by atoms with Crippen molar-refractivity contribution in [3.63, 3.8) is 0 Å². The molecule has 0 bridgehead atoms. The first-order valence-electron chi connectivity index (χ1n) is 11.6. The summed E-state index contributed by atoms with van der Waals surface area (Å²) in [6.45, 7) is 3.16. The van der Waals surface area contributed by atoms with E-state index < -0.39 is 11.7 Å². The summed E-state index contributed by atoms with van der Waals surface area (Å²) in [4.78, 5) is 18.6. The normalized spacial score (nSPS) is 17.0. The average Bonchev–Trinajstić information content (AvgIpc) is 3.54. The highest BCUT2D eigenvalue weighted by atomic mass is 19.4. The number of alkyl halides is 3. The minimum Gasteiger partial charge on any atom is -0.447 e. The predicted octanol–water partition coefficient (Wildman–Crippen LogP) is 5.37. The Morgan fingerprint density at radius 1 is 1.14 bits per heavy atom. The number of hydrogen-bond donors (Lipinski definition) is 1. The van der Waals surface area contributed by atoms with Gasteiger partial charge in [0.25, 0.3) is 5.91 Å². The van der Waals surface area contributed by atoms with Crippen LogP contribution in [0.1, 0.15) is 58.9 Å². The smallest absolute Gasteiger partial charge is 0.416 e. The van der Waals surface area contributed by atoms with Crippen LogP contribution in [-0.2, 0) is 24.0 Å². The summed E-state index contributed by atoms with van der Waals surface area (Å²) in [6.07, 6.45) is -1.32. The number of aromatic nitrogens is 1. The van der Waals surface area contributed by atoms with Gasteiger partial charge in [-0.2, -0.15) is 13.2 Å². The molecule has 35 heavy (non-hydrogen) atoms. The molecule has 0 unspecified atom stereocenters. The van der Waals surface area contributed by atoms with E-state index in [0.29, 0.717) is 13.2 Å². The monoisotopic (exact) mass is 487 g/mol. The van der Waals surface area contributed by atoms with E-state index in [2.05, 4.69) is 10.3 Å². The minimum atomic E-state index is -4.46. The number of oxazole rings is 1. The van der Waals surface area contributed by atoms with Gasteiger partial charge in [0.1, 0.15) is 6.26 Å². The Bertz CT molecular complexity index is 1110. The van der Waals surface area contributed by atoms with Gasteiger partial charge >= 0.3 is 6.18 Å². The molecule has 2 aromatic carbocycles. The van der Waals surface area contributed by atoms with Crippen molar-refractivity contribution >= 4 is 5.91 Å². The molecule has 6 nitrogen and oxygen atoms in total. The third-order valence-corrected chi connectivity index (χ3v) is 6.16. The first kappa shape index (κ1) is 24.9. The Labute approximate surface area is 202 Å². The lowest BCUT2D eigenvalue weighted by Gasteiger charge is -2.29. The van der Waals surface area contributed by atoms with E-state index in [-0.39, 0.29) is 48.3 Å². The number of ether oxygens (including phenoxy) is 1. The second-order valence-electron chi connectivity index (χ2n) is 8.62. The van der Waals surface area contributed by atoms with Crippen LogP contribution in [0.5, 0.6) is 0 Å². The highest BCUT2D eigenvalue weighted by molar-refractivity contribution is 5.91. The zero-order chi connectivity index (χ0) is 24.8. The van der Waals surface area contributed by atoms with E-state index in [1.807, 2.05) is 42.2 Å². The molecule has 0 aliphatic carbocycles. The molecule has 1 aromatic heterocycles. The molecule has 1 fully saturated rings. The van der Waals surface area contributed by atoms with Crippen LogP contribution in [0.25, 0.3) is 0 Å². The Morgan fingerprint density at radius 2 is 1.89 bits per heavy atom. The van der Waals surface area contributed by atoms with E-state index in [4.69, 9.17) is 9.15 Å². The largest absolute Gasteiger partial charge is 0.447 e. The fourth-order valence-electron chi connectivity index (χ4n) is 4.19. The summed E-state index contributed by atoms with van der Waals surface area (Å²) >= 11 is 0. The van der Waals surface area contributed by atoms with Crippen molar-refractivity contribution in [2.75, 3.05) is 13.2 Å². The molecule has 9 heteroatoms. The number of hydrogen-bond acceptors (Lipinski definition) is 5. The molecular weight excluding hydrogens is 459 g/mol. The minimum absolute atomic E-state index is 0.00114. The van der Waals surface area contributed by atoms with Crippen molar-refractivity contribution in [1.29, 1.82) is 0 Å². The lowest BCUT2D eigenvalue weighted by Crippen LogP contribution is -2.32. The number of amides is 1. The molecule has 1 aliphatic heterocycles. The highest BCUT2D eigenvalue weighted by Gasteiger charge is 2.34. The summed E-state index contributed by atoms with van der Waals surface area (Å²) in [6, 6.07) is 14.8. The van der Waals surface area contributed by atoms with Gasteiger partial charge in [-0.15, -0.1) is 0 Å². The Balaban J connectivity index is 1.52. The highest BCUT2D eigenvalue weighted by Crippen LogP contribution is 2.34. The van der Waals surface area contributed by atoms with Gasteiger partial charge in [-0.25, -0.2) is 4.98 Å². The van der Waals surface area contributed by atoms with E-state index in [1.165, 1.54) is 18.4 Å². The van der Waals surface area contributed by atoms with Crippen molar-refractivity contribution in [1.82, 2.24) is 15.2 Å². The van der Waals surface area contributed by atoms with Crippen molar-refractivity contribution in [3.8, 4) is 0 Å². The maximum absolute atomic E-state index is 13.6. The fourth-order valence-corrected chi connectivity index (χ4v) is 4.19. The molecule has 0 spiro atoms. The van der Waals surface area contributed by atoms with Gasteiger partial charge in [0.05, 0.1) is 18.2 Å². The third kappa shape index (κ3) is 6.49. The number of nitrogens with zero attached hydrogens (tertiary/aromatic N) is 2. The average molecular weight is 488 g/mol. The standard InChI is InChI=1S/C26H28F3N3O3/c1-18(19-8-3-2-4-9-19)32(15-20-10-5-6-12-22(20)26(27,28)29)16-24-31-23(17-35-24)25(33)30-14-21-11-7-13-34-21/h2-6,8-10,12,17-18,21H,7,11,13-16H2,1H3,(H,30,33)/t18-,21-/m0/s1. The van der Waals surface area contributed by atoms with E-state index in [0.717, 1.165) is 24.5 Å². The van der Waals surface area contributed by atoms with Crippen molar-refractivity contribution in [2.24, 2.45) is 0 Å². The Hall–Kier alpha value is -3.17.